The van der Waals surface area contributed by atoms with Crippen LogP contribution in [0.5, 0.6) is 5.75 Å². The lowest BCUT2D eigenvalue weighted by Crippen LogP contribution is -2.18. The number of benzene rings is 1. The van der Waals surface area contributed by atoms with Crippen molar-refractivity contribution in [2.45, 2.75) is 34.6 Å². The third-order valence-electron chi connectivity index (χ3n) is 3.27. The molecule has 1 N–H and O–H groups in total. The van der Waals surface area contributed by atoms with Crippen molar-refractivity contribution >= 4 is 5.71 Å². The van der Waals surface area contributed by atoms with Gasteiger partial charge in [0, 0.05) is 12.6 Å². The minimum atomic E-state index is -0.163. The summed E-state index contributed by atoms with van der Waals surface area (Å²) in [7, 11) is 1.69. The van der Waals surface area contributed by atoms with Gasteiger partial charge in [-0.25, -0.2) is 4.98 Å². The average molecular weight is 315 g/mol. The molecule has 0 bridgehead atoms. The van der Waals surface area contributed by atoms with Crippen molar-refractivity contribution in [3.63, 3.8) is 0 Å². The van der Waals surface area contributed by atoms with E-state index in [0.717, 1.165) is 11.3 Å². The Morgan fingerprint density at radius 1 is 1.30 bits per heavy atom. The Morgan fingerprint density at radius 2 is 1.96 bits per heavy atom. The standard InChI is InChI=1S/C16H19N3O2.C2H6/c1-5-21-13-9-7-6-8-12(13)15-18-14(11(3)17-4)10(2)16(20)19-15;1-2/h6-9H,5H2,1-4H3,(H,18,19,20);1-2H3. The second-order valence-electron chi connectivity index (χ2n) is 4.63. The summed E-state index contributed by atoms with van der Waals surface area (Å²) >= 11 is 0. The van der Waals surface area contributed by atoms with E-state index in [-0.39, 0.29) is 5.56 Å². The van der Waals surface area contributed by atoms with Crippen molar-refractivity contribution in [3.05, 3.63) is 45.9 Å². The van der Waals surface area contributed by atoms with E-state index in [1.165, 1.54) is 0 Å². The zero-order valence-corrected chi connectivity index (χ0v) is 14.7. The molecule has 0 spiro atoms. The highest BCUT2D eigenvalue weighted by atomic mass is 16.5. The van der Waals surface area contributed by atoms with Gasteiger partial charge in [0.1, 0.15) is 11.6 Å². The van der Waals surface area contributed by atoms with Gasteiger partial charge in [0.05, 0.1) is 23.6 Å². The van der Waals surface area contributed by atoms with Crippen LogP contribution in [0.1, 0.15) is 39.0 Å². The van der Waals surface area contributed by atoms with Crippen LogP contribution in [-0.2, 0) is 0 Å². The smallest absolute Gasteiger partial charge is 0.254 e. The highest BCUT2D eigenvalue weighted by Crippen LogP contribution is 2.26. The van der Waals surface area contributed by atoms with Gasteiger partial charge in [-0.15, -0.1) is 0 Å². The highest BCUT2D eigenvalue weighted by Gasteiger charge is 2.13. The van der Waals surface area contributed by atoms with Gasteiger partial charge in [-0.3, -0.25) is 9.79 Å². The van der Waals surface area contributed by atoms with Gasteiger partial charge >= 0.3 is 0 Å². The quantitative estimate of drug-likeness (QED) is 0.876. The van der Waals surface area contributed by atoms with Crippen LogP contribution in [0, 0.1) is 6.92 Å². The Bertz CT molecular complexity index is 733. The molecule has 5 heteroatoms. The summed E-state index contributed by atoms with van der Waals surface area (Å²) in [5.41, 5.74) is 2.51. The predicted octanol–water partition coefficient (Wildman–Crippen LogP) is 3.61. The van der Waals surface area contributed by atoms with Gasteiger partial charge in [0.25, 0.3) is 5.56 Å². The molecule has 0 amide bonds. The van der Waals surface area contributed by atoms with Gasteiger partial charge in [-0.2, -0.15) is 0 Å². The number of ether oxygens (including phenoxy) is 1. The zero-order chi connectivity index (χ0) is 17.4. The van der Waals surface area contributed by atoms with E-state index in [2.05, 4.69) is 15.0 Å². The van der Waals surface area contributed by atoms with E-state index >= 15 is 0 Å². The molecule has 2 rings (SSSR count). The molecule has 0 aliphatic carbocycles. The van der Waals surface area contributed by atoms with Crippen molar-refractivity contribution in [1.82, 2.24) is 9.97 Å². The molecule has 0 unspecified atom stereocenters. The molecule has 1 aromatic heterocycles. The Labute approximate surface area is 137 Å². The number of para-hydroxylation sites is 1. The third kappa shape index (κ3) is 4.28. The van der Waals surface area contributed by atoms with Gasteiger partial charge in [0.2, 0.25) is 0 Å². The summed E-state index contributed by atoms with van der Waals surface area (Å²) in [5.74, 6) is 1.19. The summed E-state index contributed by atoms with van der Waals surface area (Å²) in [4.78, 5) is 23.6. The molecule has 1 aromatic carbocycles. The number of rotatable bonds is 4. The van der Waals surface area contributed by atoms with Crippen molar-refractivity contribution in [1.29, 1.82) is 0 Å². The lowest BCUT2D eigenvalue weighted by Gasteiger charge is -2.11. The molecular formula is C18H25N3O2. The molecule has 124 valence electrons. The second-order valence-corrected chi connectivity index (χ2v) is 4.63. The second kappa shape index (κ2) is 8.88. The molecule has 23 heavy (non-hydrogen) atoms. The van der Waals surface area contributed by atoms with E-state index in [4.69, 9.17) is 4.74 Å². The molecule has 0 fully saturated rings. The Hall–Kier alpha value is -2.43. The number of hydrogen-bond acceptors (Lipinski definition) is 4. The fourth-order valence-corrected chi connectivity index (χ4v) is 2.06. The lowest BCUT2D eigenvalue weighted by molar-refractivity contribution is 0.341. The third-order valence-corrected chi connectivity index (χ3v) is 3.27. The average Bonchev–Trinajstić information content (AvgIpc) is 2.59. The van der Waals surface area contributed by atoms with Crippen LogP contribution < -0.4 is 10.3 Å². The molecule has 0 aliphatic rings. The minimum absolute atomic E-state index is 0.163. The summed E-state index contributed by atoms with van der Waals surface area (Å²) in [6, 6.07) is 7.51. The summed E-state index contributed by atoms with van der Waals surface area (Å²) in [5, 5.41) is 0. The number of aromatic nitrogens is 2. The monoisotopic (exact) mass is 315 g/mol. The molecule has 0 aliphatic heterocycles. The molecule has 5 nitrogen and oxygen atoms in total. The number of nitrogens with one attached hydrogen (secondary N) is 1. The van der Waals surface area contributed by atoms with Crippen molar-refractivity contribution in [2.75, 3.05) is 13.7 Å². The van der Waals surface area contributed by atoms with Crippen LogP contribution in [0.4, 0.5) is 0 Å². The maximum absolute atomic E-state index is 12.1. The first-order valence-corrected chi connectivity index (χ1v) is 7.85. The molecule has 0 atom stereocenters. The topological polar surface area (TPSA) is 67.3 Å². The van der Waals surface area contributed by atoms with Crippen LogP contribution in [0.15, 0.2) is 34.1 Å². The number of H-pyrrole nitrogens is 1. The molecule has 0 saturated heterocycles. The van der Waals surface area contributed by atoms with E-state index in [1.54, 1.807) is 14.0 Å². The highest BCUT2D eigenvalue weighted by molar-refractivity contribution is 5.98. The van der Waals surface area contributed by atoms with Gasteiger partial charge in [-0.05, 0) is 32.9 Å². The summed E-state index contributed by atoms with van der Waals surface area (Å²) < 4.78 is 5.60. The van der Waals surface area contributed by atoms with E-state index in [0.29, 0.717) is 29.4 Å². The number of hydrogen-bond donors (Lipinski definition) is 1. The predicted molar refractivity (Wildman–Crippen MR) is 95.7 cm³/mol. The lowest BCUT2D eigenvalue weighted by atomic mass is 10.1. The van der Waals surface area contributed by atoms with E-state index in [1.807, 2.05) is 52.0 Å². The first-order chi connectivity index (χ1) is 11.1. The van der Waals surface area contributed by atoms with Crippen molar-refractivity contribution in [2.24, 2.45) is 4.99 Å². The zero-order valence-electron chi connectivity index (χ0n) is 14.7. The normalized spacial score (nSPS) is 10.8. The maximum atomic E-state index is 12.1. The SMILES string of the molecule is CC.CCOc1ccccc1-c1nc(C(C)=NC)c(C)c(=O)[nH]1. The molecule has 1 heterocycles. The fourth-order valence-electron chi connectivity index (χ4n) is 2.06. The molecule has 0 saturated carbocycles. The van der Waals surface area contributed by atoms with Crippen LogP contribution in [0.2, 0.25) is 0 Å². The molecule has 0 radical (unpaired) electrons. The van der Waals surface area contributed by atoms with E-state index < -0.39 is 0 Å². The Kier molecular flexibility index (Phi) is 7.19. The Morgan fingerprint density at radius 3 is 2.57 bits per heavy atom. The minimum Gasteiger partial charge on any atom is -0.493 e. The van der Waals surface area contributed by atoms with Crippen molar-refractivity contribution in [3.8, 4) is 17.1 Å². The summed E-state index contributed by atoms with van der Waals surface area (Å²) in [6.45, 7) is 10.1. The van der Waals surface area contributed by atoms with Crippen LogP contribution in [-0.4, -0.2) is 29.3 Å². The first-order valence-electron chi connectivity index (χ1n) is 7.85. The largest absolute Gasteiger partial charge is 0.493 e. The van der Waals surface area contributed by atoms with Crippen molar-refractivity contribution < 1.29 is 4.74 Å². The van der Waals surface area contributed by atoms with Gasteiger partial charge in [-0.1, -0.05) is 26.0 Å². The van der Waals surface area contributed by atoms with E-state index in [9.17, 15) is 4.79 Å². The molecular weight excluding hydrogens is 290 g/mol. The summed E-state index contributed by atoms with van der Waals surface area (Å²) in [6.07, 6.45) is 0. The maximum Gasteiger partial charge on any atom is 0.254 e. The van der Waals surface area contributed by atoms with Crippen LogP contribution in [0.3, 0.4) is 0 Å². The Balaban J connectivity index is 0.00000127. The molecule has 2 aromatic rings. The van der Waals surface area contributed by atoms with Crippen LogP contribution >= 0.6 is 0 Å². The van der Waals surface area contributed by atoms with Gasteiger partial charge < -0.3 is 9.72 Å². The first kappa shape index (κ1) is 18.6. The number of aromatic amines is 1. The fraction of sp³-hybridized carbons (Fsp3) is 0.389. The van der Waals surface area contributed by atoms with Gasteiger partial charge in [0.15, 0.2) is 0 Å². The van der Waals surface area contributed by atoms with Crippen LogP contribution in [0.25, 0.3) is 11.4 Å². The number of nitrogens with zero attached hydrogens (tertiary/aromatic N) is 2. The number of aliphatic imine (C=N–C) groups is 1.